The molecule has 5 heteroatoms. The minimum Gasteiger partial charge on any atom is -0.378 e. The highest BCUT2D eigenvalue weighted by Gasteiger charge is 2.23. The van der Waals surface area contributed by atoms with Crippen LogP contribution >= 0.6 is 0 Å². The van der Waals surface area contributed by atoms with E-state index in [9.17, 15) is 0 Å². The molecule has 5 nitrogen and oxygen atoms in total. The lowest BCUT2D eigenvalue weighted by Crippen LogP contribution is -2.21. The molecule has 17 heavy (non-hydrogen) atoms. The molecule has 0 amide bonds. The molecule has 1 N–H and O–H groups in total. The van der Waals surface area contributed by atoms with Gasteiger partial charge >= 0.3 is 0 Å². The van der Waals surface area contributed by atoms with E-state index in [4.69, 9.17) is 4.74 Å². The largest absolute Gasteiger partial charge is 0.378 e. The average molecular weight is 232 g/mol. The predicted molar refractivity (Wildman–Crippen MR) is 65.0 cm³/mol. The van der Waals surface area contributed by atoms with Crippen LogP contribution in [-0.4, -0.2) is 33.9 Å². The molecule has 90 valence electrons. The topological polar surface area (TPSA) is 51.5 Å². The molecule has 0 saturated carbocycles. The van der Waals surface area contributed by atoms with Gasteiger partial charge in [-0.2, -0.15) is 5.10 Å². The molecular weight excluding hydrogens is 216 g/mol. The summed E-state index contributed by atoms with van der Waals surface area (Å²) in [6.07, 6.45) is 5.14. The van der Waals surface area contributed by atoms with E-state index in [0.717, 1.165) is 31.0 Å². The lowest BCUT2D eigenvalue weighted by molar-refractivity contribution is 0.108. The number of fused-ring (bicyclic) bond motifs is 1. The molecular formula is C12H16N4O. The molecule has 0 radical (unpaired) electrons. The van der Waals surface area contributed by atoms with E-state index in [1.54, 1.807) is 10.7 Å². The molecule has 2 unspecified atom stereocenters. The average Bonchev–Trinajstić information content (AvgIpc) is 2.94. The Kier molecular flexibility index (Phi) is 2.68. The van der Waals surface area contributed by atoms with Crippen LogP contribution in [0.3, 0.4) is 0 Å². The highest BCUT2D eigenvalue weighted by Crippen LogP contribution is 2.20. The number of hydrogen-bond acceptors (Lipinski definition) is 4. The van der Waals surface area contributed by atoms with Crippen molar-refractivity contribution in [2.24, 2.45) is 5.92 Å². The van der Waals surface area contributed by atoms with Crippen molar-refractivity contribution in [3.63, 3.8) is 0 Å². The van der Waals surface area contributed by atoms with Crippen molar-refractivity contribution in [2.75, 3.05) is 18.5 Å². The van der Waals surface area contributed by atoms with Crippen LogP contribution in [0.1, 0.15) is 13.3 Å². The third-order valence-corrected chi connectivity index (χ3v) is 3.34. The van der Waals surface area contributed by atoms with Crippen LogP contribution in [0.5, 0.6) is 0 Å². The van der Waals surface area contributed by atoms with Gasteiger partial charge in [-0.15, -0.1) is 0 Å². The molecule has 0 bridgehead atoms. The maximum absolute atomic E-state index is 5.54. The SMILES string of the molecule is CC1OCCC1CNc1ccn2nccc2n1. The van der Waals surface area contributed by atoms with E-state index in [-0.39, 0.29) is 0 Å². The summed E-state index contributed by atoms with van der Waals surface area (Å²) in [6, 6.07) is 3.84. The lowest BCUT2D eigenvalue weighted by atomic mass is 10.0. The molecule has 2 aromatic heterocycles. The van der Waals surface area contributed by atoms with Crippen LogP contribution in [-0.2, 0) is 4.74 Å². The summed E-state index contributed by atoms with van der Waals surface area (Å²) in [5.74, 6) is 1.48. The Balaban J connectivity index is 1.67. The van der Waals surface area contributed by atoms with Crippen LogP contribution in [0.4, 0.5) is 5.82 Å². The third kappa shape index (κ3) is 2.10. The van der Waals surface area contributed by atoms with E-state index < -0.39 is 0 Å². The summed E-state index contributed by atoms with van der Waals surface area (Å²) in [6.45, 7) is 3.92. The Bertz CT molecular complexity index is 510. The normalized spacial score (nSPS) is 24.3. The van der Waals surface area contributed by atoms with E-state index >= 15 is 0 Å². The first-order chi connectivity index (χ1) is 8.33. The van der Waals surface area contributed by atoms with Gasteiger partial charge in [-0.1, -0.05) is 0 Å². The van der Waals surface area contributed by atoms with E-state index in [1.807, 2.05) is 18.3 Å². The third-order valence-electron chi connectivity index (χ3n) is 3.34. The minimum absolute atomic E-state index is 0.348. The van der Waals surface area contributed by atoms with Gasteiger partial charge in [0.15, 0.2) is 5.65 Å². The molecule has 1 fully saturated rings. The molecule has 1 saturated heterocycles. The number of nitrogens with zero attached hydrogens (tertiary/aromatic N) is 3. The first kappa shape index (κ1) is 10.5. The fourth-order valence-electron chi connectivity index (χ4n) is 2.19. The highest BCUT2D eigenvalue weighted by molar-refractivity contribution is 5.45. The molecule has 0 aromatic carbocycles. The van der Waals surface area contributed by atoms with Crippen LogP contribution in [0.2, 0.25) is 0 Å². The van der Waals surface area contributed by atoms with Crippen molar-refractivity contribution >= 4 is 11.5 Å². The van der Waals surface area contributed by atoms with Gasteiger partial charge in [0.05, 0.1) is 12.3 Å². The molecule has 0 spiro atoms. The van der Waals surface area contributed by atoms with E-state index in [0.29, 0.717) is 12.0 Å². The Hall–Kier alpha value is -1.62. The van der Waals surface area contributed by atoms with Crippen LogP contribution < -0.4 is 5.32 Å². The first-order valence-corrected chi connectivity index (χ1v) is 5.99. The standard InChI is InChI=1S/C12H16N4O/c1-9-10(4-7-17-9)8-13-11-3-6-16-12(15-11)2-5-14-16/h2-3,5-6,9-10H,4,7-8H2,1H3,(H,13,15). The van der Waals surface area contributed by atoms with Crippen molar-refractivity contribution in [2.45, 2.75) is 19.4 Å². The Morgan fingerprint density at radius 3 is 3.29 bits per heavy atom. The number of rotatable bonds is 3. The number of ether oxygens (including phenoxy) is 1. The van der Waals surface area contributed by atoms with Gasteiger partial charge in [0.1, 0.15) is 5.82 Å². The van der Waals surface area contributed by atoms with Crippen LogP contribution in [0.25, 0.3) is 5.65 Å². The zero-order chi connectivity index (χ0) is 11.7. The van der Waals surface area contributed by atoms with Crippen LogP contribution in [0, 0.1) is 5.92 Å². The van der Waals surface area contributed by atoms with Crippen molar-refractivity contribution in [3.8, 4) is 0 Å². The van der Waals surface area contributed by atoms with Gasteiger partial charge in [-0.25, -0.2) is 9.50 Å². The first-order valence-electron chi connectivity index (χ1n) is 5.99. The summed E-state index contributed by atoms with van der Waals surface area (Å²) in [7, 11) is 0. The summed E-state index contributed by atoms with van der Waals surface area (Å²) in [5, 5.41) is 7.48. The maximum atomic E-state index is 5.54. The Morgan fingerprint density at radius 1 is 1.53 bits per heavy atom. The van der Waals surface area contributed by atoms with Crippen LogP contribution in [0.15, 0.2) is 24.5 Å². The van der Waals surface area contributed by atoms with Gasteiger partial charge in [-0.05, 0) is 19.4 Å². The second-order valence-electron chi connectivity index (χ2n) is 4.45. The van der Waals surface area contributed by atoms with Gasteiger partial charge in [-0.3, -0.25) is 0 Å². The number of anilines is 1. The zero-order valence-electron chi connectivity index (χ0n) is 9.84. The zero-order valence-corrected chi connectivity index (χ0v) is 9.84. The number of nitrogens with one attached hydrogen (secondary N) is 1. The maximum Gasteiger partial charge on any atom is 0.157 e. The van der Waals surface area contributed by atoms with Crippen molar-refractivity contribution < 1.29 is 4.74 Å². The van der Waals surface area contributed by atoms with Crippen molar-refractivity contribution in [1.29, 1.82) is 0 Å². The fourth-order valence-corrected chi connectivity index (χ4v) is 2.19. The van der Waals surface area contributed by atoms with Gasteiger partial charge < -0.3 is 10.1 Å². The van der Waals surface area contributed by atoms with Crippen molar-refractivity contribution in [1.82, 2.24) is 14.6 Å². The second kappa shape index (κ2) is 4.33. The summed E-state index contributed by atoms with van der Waals surface area (Å²) >= 11 is 0. The fraction of sp³-hybridized carbons (Fsp3) is 0.500. The number of hydrogen-bond donors (Lipinski definition) is 1. The predicted octanol–water partition coefficient (Wildman–Crippen LogP) is 1.57. The van der Waals surface area contributed by atoms with E-state index in [1.165, 1.54) is 0 Å². The molecule has 1 aliphatic rings. The van der Waals surface area contributed by atoms with Gasteiger partial charge in [0.25, 0.3) is 0 Å². The summed E-state index contributed by atoms with van der Waals surface area (Å²) in [5.41, 5.74) is 0.866. The molecule has 2 aromatic rings. The molecule has 3 rings (SSSR count). The Morgan fingerprint density at radius 2 is 2.47 bits per heavy atom. The lowest BCUT2D eigenvalue weighted by Gasteiger charge is -2.14. The summed E-state index contributed by atoms with van der Waals surface area (Å²) < 4.78 is 7.29. The van der Waals surface area contributed by atoms with E-state index in [2.05, 4.69) is 22.3 Å². The quantitative estimate of drug-likeness (QED) is 0.872. The number of aromatic nitrogens is 3. The minimum atomic E-state index is 0.348. The second-order valence-corrected chi connectivity index (χ2v) is 4.45. The smallest absolute Gasteiger partial charge is 0.157 e. The molecule has 2 atom stereocenters. The Labute approximate surface area is 99.8 Å². The monoisotopic (exact) mass is 232 g/mol. The van der Waals surface area contributed by atoms with Gasteiger partial charge in [0, 0.05) is 31.3 Å². The van der Waals surface area contributed by atoms with Crippen molar-refractivity contribution in [3.05, 3.63) is 24.5 Å². The highest BCUT2D eigenvalue weighted by atomic mass is 16.5. The summed E-state index contributed by atoms with van der Waals surface area (Å²) in [4.78, 5) is 4.47. The molecule has 1 aliphatic heterocycles. The molecule has 0 aliphatic carbocycles. The van der Waals surface area contributed by atoms with Gasteiger partial charge in [0.2, 0.25) is 0 Å². The molecule has 3 heterocycles.